The van der Waals surface area contributed by atoms with Crippen LogP contribution in [-0.2, 0) is 0 Å². The summed E-state index contributed by atoms with van der Waals surface area (Å²) in [6, 6.07) is 5.31. The smallest absolute Gasteiger partial charge is 0.405 e. The lowest BCUT2D eigenvalue weighted by atomic mass is 9.82. The van der Waals surface area contributed by atoms with Crippen LogP contribution in [0, 0.1) is 5.41 Å². The lowest BCUT2D eigenvalue weighted by Crippen LogP contribution is -2.46. The van der Waals surface area contributed by atoms with Gasteiger partial charge < -0.3 is 14.7 Å². The van der Waals surface area contributed by atoms with Crippen molar-refractivity contribution in [2.75, 3.05) is 19.7 Å². The summed E-state index contributed by atoms with van der Waals surface area (Å²) in [7, 11) is 0. The number of hydrogen-bond donors (Lipinski definition) is 1. The van der Waals surface area contributed by atoms with Gasteiger partial charge in [-0.3, -0.25) is 4.79 Å². The van der Waals surface area contributed by atoms with E-state index >= 15 is 0 Å². The molecule has 7 heteroatoms. The second-order valence-electron chi connectivity index (χ2n) is 5.84. The average Bonchev–Trinajstić information content (AvgIpc) is 2.45. The predicted octanol–water partition coefficient (Wildman–Crippen LogP) is 2.82. The quantitative estimate of drug-likeness (QED) is 0.932. The lowest BCUT2D eigenvalue weighted by molar-refractivity contribution is -0.274. The predicted molar refractivity (Wildman–Crippen MR) is 73.5 cm³/mol. The maximum Gasteiger partial charge on any atom is 0.573 e. The number of aliphatic hydroxyl groups excluding tert-OH is 1. The number of aliphatic hydroxyl groups is 1. The molecule has 1 unspecified atom stereocenters. The molecule has 0 aliphatic carbocycles. The van der Waals surface area contributed by atoms with Crippen molar-refractivity contribution in [3.05, 3.63) is 29.8 Å². The van der Waals surface area contributed by atoms with Crippen molar-refractivity contribution in [2.24, 2.45) is 5.41 Å². The van der Waals surface area contributed by atoms with Gasteiger partial charge in [-0.2, -0.15) is 0 Å². The fourth-order valence-corrected chi connectivity index (χ4v) is 2.65. The number of rotatable bonds is 3. The molecule has 0 radical (unpaired) electrons. The molecule has 1 aromatic carbocycles. The molecule has 1 aromatic rings. The van der Waals surface area contributed by atoms with Crippen LogP contribution in [0.4, 0.5) is 13.2 Å². The molecule has 1 heterocycles. The molecule has 1 amide bonds. The van der Waals surface area contributed by atoms with E-state index in [0.717, 1.165) is 12.5 Å². The fraction of sp³-hybridized carbons (Fsp3) is 0.533. The van der Waals surface area contributed by atoms with Crippen LogP contribution in [0.5, 0.6) is 5.75 Å². The van der Waals surface area contributed by atoms with Crippen molar-refractivity contribution in [1.82, 2.24) is 4.90 Å². The number of benzene rings is 1. The average molecular weight is 317 g/mol. The number of hydrogen-bond acceptors (Lipinski definition) is 3. The molecule has 1 saturated heterocycles. The zero-order valence-electron chi connectivity index (χ0n) is 12.2. The third-order valence-corrected chi connectivity index (χ3v) is 3.79. The molecule has 2 rings (SSSR count). The number of ether oxygens (including phenoxy) is 1. The van der Waals surface area contributed by atoms with Gasteiger partial charge in [0.25, 0.3) is 5.91 Å². The Kier molecular flexibility index (Phi) is 4.65. The molecular formula is C15H18F3NO3. The van der Waals surface area contributed by atoms with Crippen LogP contribution in [-0.4, -0.2) is 42.0 Å². The Hall–Kier alpha value is -1.76. The zero-order valence-corrected chi connectivity index (χ0v) is 12.2. The number of carbonyl (C=O) groups is 1. The maximum atomic E-state index is 12.5. The first-order chi connectivity index (χ1) is 10.2. The molecule has 4 nitrogen and oxygen atoms in total. The van der Waals surface area contributed by atoms with Gasteiger partial charge in [-0.05, 0) is 25.0 Å². The first kappa shape index (κ1) is 16.6. The minimum atomic E-state index is -4.85. The maximum absolute atomic E-state index is 12.5. The number of likely N-dealkylation sites (tertiary alicyclic amines) is 1. The van der Waals surface area contributed by atoms with Crippen LogP contribution < -0.4 is 4.74 Å². The Labute approximate surface area is 126 Å². The van der Waals surface area contributed by atoms with E-state index in [1.54, 1.807) is 0 Å². The van der Waals surface area contributed by atoms with Crippen molar-refractivity contribution in [1.29, 1.82) is 0 Å². The second-order valence-corrected chi connectivity index (χ2v) is 5.84. The molecule has 1 aliphatic rings. The van der Waals surface area contributed by atoms with E-state index in [2.05, 4.69) is 4.74 Å². The molecule has 1 fully saturated rings. The van der Waals surface area contributed by atoms with Gasteiger partial charge in [0.05, 0.1) is 12.2 Å². The summed E-state index contributed by atoms with van der Waals surface area (Å²) in [5.74, 6) is -1.02. The molecule has 0 aromatic heterocycles. The summed E-state index contributed by atoms with van der Waals surface area (Å²) in [5.41, 5.74) is -0.546. The molecule has 1 atom stereocenters. The van der Waals surface area contributed by atoms with E-state index < -0.39 is 23.4 Å². The van der Waals surface area contributed by atoms with Crippen molar-refractivity contribution >= 4 is 5.91 Å². The fourth-order valence-electron chi connectivity index (χ4n) is 2.65. The SMILES string of the molecule is CC1(CO)CCCN(C(=O)c2ccccc2OC(F)(F)F)C1. The molecule has 0 bridgehead atoms. The van der Waals surface area contributed by atoms with E-state index in [1.807, 2.05) is 6.92 Å². The number of carbonyl (C=O) groups excluding carboxylic acids is 1. The van der Waals surface area contributed by atoms with Gasteiger partial charge in [0.15, 0.2) is 0 Å². The van der Waals surface area contributed by atoms with Crippen molar-refractivity contribution in [2.45, 2.75) is 26.1 Å². The monoisotopic (exact) mass is 317 g/mol. The number of halogens is 3. The highest BCUT2D eigenvalue weighted by molar-refractivity contribution is 5.97. The molecular weight excluding hydrogens is 299 g/mol. The number of nitrogens with zero attached hydrogens (tertiary/aromatic N) is 1. The van der Waals surface area contributed by atoms with E-state index in [1.165, 1.54) is 23.1 Å². The van der Waals surface area contributed by atoms with Gasteiger partial charge in [0, 0.05) is 18.5 Å². The summed E-state index contributed by atoms with van der Waals surface area (Å²) >= 11 is 0. The molecule has 122 valence electrons. The van der Waals surface area contributed by atoms with Gasteiger partial charge in [-0.15, -0.1) is 13.2 Å². The lowest BCUT2D eigenvalue weighted by Gasteiger charge is -2.39. The van der Waals surface area contributed by atoms with Gasteiger partial charge in [0.1, 0.15) is 5.75 Å². The molecule has 0 spiro atoms. The van der Waals surface area contributed by atoms with Gasteiger partial charge in [-0.25, -0.2) is 0 Å². The standard InChI is InChI=1S/C15H18F3NO3/c1-14(10-20)7-4-8-19(9-14)13(21)11-5-2-3-6-12(11)22-15(16,17)18/h2-3,5-6,20H,4,7-10H2,1H3. The van der Waals surface area contributed by atoms with Crippen LogP contribution in [0.3, 0.4) is 0 Å². The molecule has 22 heavy (non-hydrogen) atoms. The normalized spacial score (nSPS) is 22.5. The van der Waals surface area contributed by atoms with Crippen molar-refractivity contribution < 1.29 is 27.8 Å². The van der Waals surface area contributed by atoms with Crippen LogP contribution in [0.1, 0.15) is 30.1 Å². The Morgan fingerprint density at radius 2 is 2.09 bits per heavy atom. The minimum absolute atomic E-state index is 0.0719. The summed E-state index contributed by atoms with van der Waals surface area (Å²) in [6.45, 7) is 2.54. The number of alkyl halides is 3. The molecule has 1 aliphatic heterocycles. The largest absolute Gasteiger partial charge is 0.573 e. The summed E-state index contributed by atoms with van der Waals surface area (Å²) in [5, 5.41) is 9.42. The number of para-hydroxylation sites is 1. The van der Waals surface area contributed by atoms with Crippen LogP contribution in [0.25, 0.3) is 0 Å². The van der Waals surface area contributed by atoms with Crippen LogP contribution in [0.2, 0.25) is 0 Å². The topological polar surface area (TPSA) is 49.8 Å². The van der Waals surface area contributed by atoms with Gasteiger partial charge >= 0.3 is 6.36 Å². The minimum Gasteiger partial charge on any atom is -0.405 e. The Balaban J connectivity index is 2.22. The van der Waals surface area contributed by atoms with E-state index in [9.17, 15) is 23.1 Å². The third kappa shape index (κ3) is 3.91. The Morgan fingerprint density at radius 1 is 1.41 bits per heavy atom. The van der Waals surface area contributed by atoms with Crippen molar-refractivity contribution in [3.63, 3.8) is 0 Å². The number of piperidine rings is 1. The summed E-state index contributed by atoms with van der Waals surface area (Å²) in [6.07, 6.45) is -3.38. The van der Waals surface area contributed by atoms with E-state index in [-0.39, 0.29) is 12.2 Å². The van der Waals surface area contributed by atoms with Gasteiger partial charge in [-0.1, -0.05) is 19.1 Å². The highest BCUT2D eigenvalue weighted by Gasteiger charge is 2.36. The summed E-state index contributed by atoms with van der Waals surface area (Å²) in [4.78, 5) is 14.0. The van der Waals surface area contributed by atoms with Crippen molar-refractivity contribution in [3.8, 4) is 5.75 Å². The van der Waals surface area contributed by atoms with Crippen LogP contribution in [0.15, 0.2) is 24.3 Å². The zero-order chi connectivity index (χ0) is 16.4. The van der Waals surface area contributed by atoms with Crippen LogP contribution >= 0.6 is 0 Å². The first-order valence-corrected chi connectivity index (χ1v) is 6.99. The molecule has 0 saturated carbocycles. The number of amides is 1. The highest BCUT2D eigenvalue weighted by atomic mass is 19.4. The Morgan fingerprint density at radius 3 is 2.73 bits per heavy atom. The summed E-state index contributed by atoms with van der Waals surface area (Å²) < 4.78 is 41.2. The highest BCUT2D eigenvalue weighted by Crippen LogP contribution is 2.32. The van der Waals surface area contributed by atoms with E-state index in [4.69, 9.17) is 0 Å². The van der Waals surface area contributed by atoms with E-state index in [0.29, 0.717) is 19.5 Å². The Bertz CT molecular complexity index is 547. The second kappa shape index (κ2) is 6.16. The third-order valence-electron chi connectivity index (χ3n) is 3.79. The van der Waals surface area contributed by atoms with Gasteiger partial charge in [0.2, 0.25) is 0 Å². The molecule has 1 N–H and O–H groups in total. The first-order valence-electron chi connectivity index (χ1n) is 6.99.